The van der Waals surface area contributed by atoms with Gasteiger partial charge >= 0.3 is 5.97 Å². The van der Waals surface area contributed by atoms with Crippen molar-refractivity contribution >= 4 is 16.9 Å². The number of methoxy groups -OCH3 is 1. The SMILES string of the molecule is COc1cc2c(=O)c(-c3ccc(O)cc3)coc2cc1O[C@@H]1O[C@@H](COC(C)=O)[C@@H](O)[C@H](O)[C@H]1O. The van der Waals surface area contributed by atoms with E-state index < -0.39 is 36.7 Å². The summed E-state index contributed by atoms with van der Waals surface area (Å²) in [5.74, 6) is -0.418. The third kappa shape index (κ3) is 4.93. The Morgan fingerprint density at radius 3 is 2.40 bits per heavy atom. The van der Waals surface area contributed by atoms with E-state index in [0.29, 0.717) is 5.56 Å². The van der Waals surface area contributed by atoms with Crippen LogP contribution < -0.4 is 14.9 Å². The molecule has 2 aromatic carbocycles. The zero-order valence-corrected chi connectivity index (χ0v) is 18.8. The molecule has 0 unspecified atom stereocenters. The Morgan fingerprint density at radius 1 is 1.03 bits per heavy atom. The van der Waals surface area contributed by atoms with Crippen LogP contribution in [0.1, 0.15) is 6.92 Å². The summed E-state index contributed by atoms with van der Waals surface area (Å²) in [5.41, 5.74) is 0.610. The first-order chi connectivity index (χ1) is 16.7. The largest absolute Gasteiger partial charge is 0.508 e. The highest BCUT2D eigenvalue weighted by atomic mass is 16.7. The number of carbonyl (C=O) groups is 1. The highest BCUT2D eigenvalue weighted by Gasteiger charge is 2.45. The Bertz CT molecular complexity index is 1270. The van der Waals surface area contributed by atoms with Crippen molar-refractivity contribution in [1.82, 2.24) is 0 Å². The molecule has 1 aliphatic rings. The molecule has 0 radical (unpaired) electrons. The minimum absolute atomic E-state index is 0.0272. The Morgan fingerprint density at radius 2 is 1.74 bits per heavy atom. The van der Waals surface area contributed by atoms with Gasteiger partial charge in [-0.15, -0.1) is 0 Å². The van der Waals surface area contributed by atoms with E-state index in [9.17, 15) is 30.0 Å². The van der Waals surface area contributed by atoms with Crippen LogP contribution in [0, 0.1) is 0 Å². The second-order valence-electron chi connectivity index (χ2n) is 7.96. The Kier molecular flexibility index (Phi) is 6.94. The normalized spacial score (nSPS) is 24.2. The highest BCUT2D eigenvalue weighted by Crippen LogP contribution is 2.35. The van der Waals surface area contributed by atoms with E-state index >= 15 is 0 Å². The lowest BCUT2D eigenvalue weighted by molar-refractivity contribution is -0.278. The first-order valence-corrected chi connectivity index (χ1v) is 10.6. The van der Waals surface area contributed by atoms with Crippen LogP contribution in [0.5, 0.6) is 17.2 Å². The molecule has 11 heteroatoms. The minimum atomic E-state index is -1.65. The lowest BCUT2D eigenvalue weighted by Gasteiger charge is -2.39. The van der Waals surface area contributed by atoms with E-state index in [1.807, 2.05) is 0 Å². The molecule has 3 aromatic rings. The van der Waals surface area contributed by atoms with Gasteiger partial charge in [0.15, 0.2) is 11.5 Å². The molecular weight excluding hydrogens is 464 g/mol. The van der Waals surface area contributed by atoms with Crippen molar-refractivity contribution in [1.29, 1.82) is 0 Å². The number of phenols is 1. The number of aliphatic hydroxyl groups is 3. The molecule has 11 nitrogen and oxygen atoms in total. The average molecular weight is 488 g/mol. The van der Waals surface area contributed by atoms with Crippen LogP contribution in [-0.2, 0) is 14.3 Å². The average Bonchev–Trinajstić information content (AvgIpc) is 2.84. The van der Waals surface area contributed by atoms with Crippen molar-refractivity contribution in [3.63, 3.8) is 0 Å². The van der Waals surface area contributed by atoms with Gasteiger partial charge in [0.05, 0.1) is 18.1 Å². The van der Waals surface area contributed by atoms with Gasteiger partial charge in [-0.1, -0.05) is 12.1 Å². The third-order valence-corrected chi connectivity index (χ3v) is 5.60. The number of aromatic hydroxyl groups is 1. The number of hydrogen-bond donors (Lipinski definition) is 4. The number of esters is 1. The van der Waals surface area contributed by atoms with Crippen molar-refractivity contribution in [2.45, 2.75) is 37.6 Å². The summed E-state index contributed by atoms with van der Waals surface area (Å²) < 4.78 is 27.1. The molecule has 0 aliphatic carbocycles. The van der Waals surface area contributed by atoms with Gasteiger partial charge in [0.1, 0.15) is 48.6 Å². The van der Waals surface area contributed by atoms with E-state index in [0.717, 1.165) is 0 Å². The summed E-state index contributed by atoms with van der Waals surface area (Å²) in [6, 6.07) is 8.83. The van der Waals surface area contributed by atoms with Crippen molar-refractivity contribution < 1.29 is 48.6 Å². The summed E-state index contributed by atoms with van der Waals surface area (Å²) in [7, 11) is 1.35. The molecule has 1 aliphatic heterocycles. The molecule has 35 heavy (non-hydrogen) atoms. The van der Waals surface area contributed by atoms with Gasteiger partial charge in [0.2, 0.25) is 11.7 Å². The lowest BCUT2D eigenvalue weighted by atomic mass is 9.99. The fourth-order valence-electron chi connectivity index (χ4n) is 3.71. The topological polar surface area (TPSA) is 165 Å². The van der Waals surface area contributed by atoms with Crippen LogP contribution in [0.25, 0.3) is 22.1 Å². The quantitative estimate of drug-likeness (QED) is 0.365. The molecular formula is C24H24O11. The van der Waals surface area contributed by atoms with Gasteiger partial charge in [-0.3, -0.25) is 9.59 Å². The van der Waals surface area contributed by atoms with Crippen LogP contribution in [0.2, 0.25) is 0 Å². The lowest BCUT2D eigenvalue weighted by Crippen LogP contribution is -2.60. The molecule has 0 bridgehead atoms. The molecule has 1 saturated heterocycles. The molecule has 4 N–H and O–H groups in total. The van der Waals surface area contributed by atoms with E-state index in [4.69, 9.17) is 23.4 Å². The van der Waals surface area contributed by atoms with E-state index in [2.05, 4.69) is 0 Å². The van der Waals surface area contributed by atoms with Crippen LogP contribution >= 0.6 is 0 Å². The summed E-state index contributed by atoms with van der Waals surface area (Å²) in [6.45, 7) is 0.805. The van der Waals surface area contributed by atoms with Gasteiger partial charge in [-0.2, -0.15) is 0 Å². The molecule has 0 amide bonds. The molecule has 1 fully saturated rings. The second kappa shape index (κ2) is 9.92. The van der Waals surface area contributed by atoms with E-state index in [1.54, 1.807) is 12.1 Å². The smallest absolute Gasteiger partial charge is 0.302 e. The maximum absolute atomic E-state index is 13.1. The van der Waals surface area contributed by atoms with Gasteiger partial charge in [-0.25, -0.2) is 0 Å². The van der Waals surface area contributed by atoms with Crippen LogP contribution in [-0.4, -0.2) is 70.8 Å². The van der Waals surface area contributed by atoms with Gasteiger partial charge in [0, 0.05) is 13.0 Å². The number of benzene rings is 2. The number of carbonyl (C=O) groups excluding carboxylic acids is 1. The van der Waals surface area contributed by atoms with Gasteiger partial charge < -0.3 is 43.8 Å². The maximum atomic E-state index is 13.1. The first-order valence-electron chi connectivity index (χ1n) is 10.6. The predicted octanol–water partition coefficient (Wildman–Crippen LogP) is 0.924. The van der Waals surface area contributed by atoms with Crippen molar-refractivity contribution in [2.24, 2.45) is 0 Å². The molecule has 4 rings (SSSR count). The maximum Gasteiger partial charge on any atom is 0.302 e. The molecule has 1 aromatic heterocycles. The predicted molar refractivity (Wildman–Crippen MR) is 120 cm³/mol. The standard InChI is InChI=1S/C24H24O11/c1-11(25)32-10-19-21(28)22(29)23(30)24(35-19)34-18-8-16-14(7-17(18)31-2)20(27)15(9-33-16)12-3-5-13(26)6-4-12/h3-9,19,21-24,26,28-30H,10H2,1-2H3/t19-,21+,22-,23+,24+/m0/s1. The van der Waals surface area contributed by atoms with Crippen molar-refractivity contribution in [2.75, 3.05) is 13.7 Å². The van der Waals surface area contributed by atoms with Gasteiger partial charge in [0.25, 0.3) is 0 Å². The summed E-state index contributed by atoms with van der Waals surface area (Å²) >= 11 is 0. The number of rotatable bonds is 6. The fraction of sp³-hybridized carbons (Fsp3) is 0.333. The molecule has 5 atom stereocenters. The van der Waals surface area contributed by atoms with Crippen molar-refractivity contribution in [3.8, 4) is 28.4 Å². The zero-order valence-electron chi connectivity index (χ0n) is 18.8. The van der Waals surface area contributed by atoms with Crippen LogP contribution in [0.15, 0.2) is 51.9 Å². The van der Waals surface area contributed by atoms with Gasteiger partial charge in [-0.05, 0) is 23.8 Å². The monoisotopic (exact) mass is 488 g/mol. The summed E-state index contributed by atoms with van der Waals surface area (Å²) in [4.78, 5) is 24.2. The van der Waals surface area contributed by atoms with E-state index in [-0.39, 0.29) is 45.8 Å². The number of fused-ring (bicyclic) bond motifs is 1. The fourth-order valence-corrected chi connectivity index (χ4v) is 3.71. The number of ether oxygens (including phenoxy) is 4. The Hall–Kier alpha value is -3.64. The molecule has 0 saturated carbocycles. The molecule has 186 valence electrons. The highest BCUT2D eigenvalue weighted by molar-refractivity contribution is 5.84. The Balaban J connectivity index is 1.66. The minimum Gasteiger partial charge on any atom is -0.508 e. The number of aliphatic hydroxyl groups excluding tert-OH is 3. The second-order valence-corrected chi connectivity index (χ2v) is 7.96. The summed E-state index contributed by atoms with van der Waals surface area (Å²) in [6.07, 6.45) is -6.19. The zero-order chi connectivity index (χ0) is 25.3. The first kappa shape index (κ1) is 24.5. The summed E-state index contributed by atoms with van der Waals surface area (Å²) in [5, 5.41) is 40.4. The number of hydrogen-bond acceptors (Lipinski definition) is 11. The van der Waals surface area contributed by atoms with Crippen LogP contribution in [0.3, 0.4) is 0 Å². The Labute approximate surface area is 198 Å². The molecule has 0 spiro atoms. The van der Waals surface area contributed by atoms with E-state index in [1.165, 1.54) is 44.6 Å². The number of phenolic OH excluding ortho intramolecular Hbond substituents is 1. The van der Waals surface area contributed by atoms with Crippen LogP contribution in [0.4, 0.5) is 0 Å². The molecule has 2 heterocycles. The third-order valence-electron chi connectivity index (χ3n) is 5.60. The van der Waals surface area contributed by atoms with Crippen molar-refractivity contribution in [3.05, 3.63) is 52.9 Å².